The molecule has 114 valence electrons. The van der Waals surface area contributed by atoms with E-state index in [1.165, 1.54) is 6.92 Å². The molecule has 0 saturated carbocycles. The van der Waals surface area contributed by atoms with Crippen LogP contribution in [-0.4, -0.2) is 28.6 Å². The van der Waals surface area contributed by atoms with Gasteiger partial charge >= 0.3 is 0 Å². The van der Waals surface area contributed by atoms with Crippen LogP contribution in [-0.2, 0) is 22.6 Å². The Hall–Kier alpha value is -2.67. The van der Waals surface area contributed by atoms with Gasteiger partial charge in [0.2, 0.25) is 5.91 Å². The molecule has 0 unspecified atom stereocenters. The summed E-state index contributed by atoms with van der Waals surface area (Å²) in [4.78, 5) is 25.8. The molecular formula is C15H16N4O3. The highest BCUT2D eigenvalue weighted by Crippen LogP contribution is 2.23. The second kappa shape index (κ2) is 5.61. The van der Waals surface area contributed by atoms with E-state index in [0.717, 1.165) is 16.2 Å². The van der Waals surface area contributed by atoms with E-state index >= 15 is 0 Å². The number of imide groups is 1. The molecule has 0 aliphatic carbocycles. The second-order valence-corrected chi connectivity index (χ2v) is 5.08. The van der Waals surface area contributed by atoms with E-state index in [-0.39, 0.29) is 11.6 Å². The Morgan fingerprint density at radius 1 is 1.32 bits per heavy atom. The zero-order chi connectivity index (χ0) is 15.7. The number of nitrogen functional groups attached to an aromatic ring is 1. The van der Waals surface area contributed by atoms with E-state index < -0.39 is 5.91 Å². The highest BCUT2D eigenvalue weighted by molar-refractivity contribution is 6.20. The number of benzene rings is 1. The first-order valence-electron chi connectivity index (χ1n) is 6.92. The van der Waals surface area contributed by atoms with Crippen molar-refractivity contribution in [2.75, 3.05) is 17.2 Å². The molecule has 0 fully saturated rings. The number of nitrogens with two attached hydrogens (primary N) is 1. The Balaban J connectivity index is 1.98. The van der Waals surface area contributed by atoms with Gasteiger partial charge < -0.3 is 10.5 Å². The monoisotopic (exact) mass is 300 g/mol. The highest BCUT2D eigenvalue weighted by atomic mass is 16.5. The quantitative estimate of drug-likeness (QED) is 0.813. The first-order chi connectivity index (χ1) is 10.6. The molecule has 2 heterocycles. The van der Waals surface area contributed by atoms with Crippen molar-refractivity contribution in [3.8, 4) is 0 Å². The van der Waals surface area contributed by atoms with Crippen molar-refractivity contribution in [1.29, 1.82) is 0 Å². The van der Waals surface area contributed by atoms with Gasteiger partial charge in [0, 0.05) is 30.3 Å². The average molecular weight is 300 g/mol. The number of H-pyrrole nitrogens is 1. The maximum atomic E-state index is 12.7. The lowest BCUT2D eigenvalue weighted by molar-refractivity contribution is -0.115. The van der Waals surface area contributed by atoms with E-state index in [0.29, 0.717) is 31.0 Å². The van der Waals surface area contributed by atoms with E-state index in [9.17, 15) is 9.59 Å². The minimum Gasteiger partial charge on any atom is -0.399 e. The van der Waals surface area contributed by atoms with Crippen molar-refractivity contribution in [1.82, 2.24) is 10.2 Å². The van der Waals surface area contributed by atoms with E-state index in [1.807, 2.05) is 0 Å². The Labute approximate surface area is 127 Å². The van der Waals surface area contributed by atoms with Gasteiger partial charge in [-0.2, -0.15) is 5.10 Å². The number of nitrogens with one attached hydrogen (secondary N) is 1. The first kappa shape index (κ1) is 14.3. The predicted molar refractivity (Wildman–Crippen MR) is 80.3 cm³/mol. The van der Waals surface area contributed by atoms with Crippen molar-refractivity contribution < 1.29 is 14.3 Å². The number of amides is 2. The number of aromatic amines is 1. The molecule has 0 bridgehead atoms. The molecule has 2 aromatic rings. The Kier molecular flexibility index (Phi) is 3.64. The van der Waals surface area contributed by atoms with Gasteiger partial charge in [-0.1, -0.05) is 0 Å². The molecule has 22 heavy (non-hydrogen) atoms. The van der Waals surface area contributed by atoms with Crippen LogP contribution >= 0.6 is 0 Å². The lowest BCUT2D eigenvalue weighted by Crippen LogP contribution is -2.36. The number of rotatable bonds is 2. The molecule has 7 heteroatoms. The summed E-state index contributed by atoms with van der Waals surface area (Å²) in [6.45, 7) is 2.25. The van der Waals surface area contributed by atoms with Gasteiger partial charge in [0.05, 0.1) is 18.9 Å². The van der Waals surface area contributed by atoms with E-state index in [2.05, 4.69) is 10.2 Å². The number of carbonyl (C=O) groups excluding carboxylic acids is 2. The smallest absolute Gasteiger partial charge is 0.285 e. The summed E-state index contributed by atoms with van der Waals surface area (Å²) in [5, 5.41) is 6.92. The van der Waals surface area contributed by atoms with Gasteiger partial charge in [0.15, 0.2) is 5.69 Å². The molecule has 1 aromatic heterocycles. The SMILES string of the molecule is CC(=O)N(C(=O)c1n[nH]c2c1COCC2)c1ccc(N)cc1. The maximum absolute atomic E-state index is 12.7. The van der Waals surface area contributed by atoms with Crippen LogP contribution in [0.1, 0.15) is 28.7 Å². The minimum absolute atomic E-state index is 0.224. The number of hydrogen-bond donors (Lipinski definition) is 2. The lowest BCUT2D eigenvalue weighted by atomic mass is 10.1. The number of ether oxygens (including phenoxy) is 1. The van der Waals surface area contributed by atoms with Crippen molar-refractivity contribution in [2.45, 2.75) is 20.0 Å². The number of aromatic nitrogens is 2. The van der Waals surface area contributed by atoms with Crippen molar-refractivity contribution in [2.24, 2.45) is 0 Å². The number of hydrogen-bond acceptors (Lipinski definition) is 5. The summed E-state index contributed by atoms with van der Waals surface area (Å²) in [6.07, 6.45) is 0.678. The number of nitrogens with zero attached hydrogens (tertiary/aromatic N) is 2. The summed E-state index contributed by atoms with van der Waals surface area (Å²) < 4.78 is 5.37. The van der Waals surface area contributed by atoms with Crippen LogP contribution in [0.4, 0.5) is 11.4 Å². The largest absolute Gasteiger partial charge is 0.399 e. The summed E-state index contributed by atoms with van der Waals surface area (Å²) in [6, 6.07) is 6.54. The molecule has 3 N–H and O–H groups in total. The van der Waals surface area contributed by atoms with Gasteiger partial charge in [-0.25, -0.2) is 4.90 Å². The maximum Gasteiger partial charge on any atom is 0.285 e. The third-order valence-corrected chi connectivity index (χ3v) is 3.57. The van der Waals surface area contributed by atoms with Crippen LogP contribution in [0.5, 0.6) is 0 Å². The second-order valence-electron chi connectivity index (χ2n) is 5.08. The van der Waals surface area contributed by atoms with E-state index in [4.69, 9.17) is 10.5 Å². The Bertz CT molecular complexity index is 721. The normalized spacial score (nSPS) is 13.5. The van der Waals surface area contributed by atoms with Crippen molar-refractivity contribution >= 4 is 23.2 Å². The Morgan fingerprint density at radius 3 is 2.73 bits per heavy atom. The lowest BCUT2D eigenvalue weighted by Gasteiger charge is -2.19. The fourth-order valence-corrected chi connectivity index (χ4v) is 2.46. The standard InChI is InChI=1S/C15H16N4O3/c1-9(20)19(11-4-2-10(16)3-5-11)15(21)14-12-8-22-7-6-13(12)17-18-14/h2-5H,6-8,16H2,1H3,(H,17,18). The van der Waals surface area contributed by atoms with Gasteiger partial charge in [-0.05, 0) is 24.3 Å². The van der Waals surface area contributed by atoms with Crippen LogP contribution in [0.15, 0.2) is 24.3 Å². The minimum atomic E-state index is -0.472. The van der Waals surface area contributed by atoms with E-state index in [1.54, 1.807) is 24.3 Å². The van der Waals surface area contributed by atoms with Crippen molar-refractivity contribution in [3.05, 3.63) is 41.2 Å². The van der Waals surface area contributed by atoms with Crippen LogP contribution in [0.2, 0.25) is 0 Å². The third-order valence-electron chi connectivity index (χ3n) is 3.57. The molecule has 0 radical (unpaired) electrons. The topological polar surface area (TPSA) is 101 Å². The summed E-state index contributed by atoms with van der Waals surface area (Å²) >= 11 is 0. The average Bonchev–Trinajstić information content (AvgIpc) is 2.93. The van der Waals surface area contributed by atoms with Crippen LogP contribution in [0.3, 0.4) is 0 Å². The molecule has 0 spiro atoms. The Morgan fingerprint density at radius 2 is 2.05 bits per heavy atom. The fourth-order valence-electron chi connectivity index (χ4n) is 2.46. The number of fused-ring (bicyclic) bond motifs is 1. The van der Waals surface area contributed by atoms with Crippen LogP contribution in [0.25, 0.3) is 0 Å². The third kappa shape index (κ3) is 2.46. The summed E-state index contributed by atoms with van der Waals surface area (Å²) in [5.74, 6) is -0.858. The molecule has 7 nitrogen and oxygen atoms in total. The first-order valence-corrected chi connectivity index (χ1v) is 6.92. The summed E-state index contributed by atoms with van der Waals surface area (Å²) in [7, 11) is 0. The highest BCUT2D eigenvalue weighted by Gasteiger charge is 2.29. The van der Waals surface area contributed by atoms with Gasteiger partial charge in [0.25, 0.3) is 5.91 Å². The van der Waals surface area contributed by atoms with Crippen molar-refractivity contribution in [3.63, 3.8) is 0 Å². The molecule has 3 rings (SSSR count). The molecule has 1 aliphatic heterocycles. The van der Waals surface area contributed by atoms with Gasteiger partial charge in [-0.15, -0.1) is 0 Å². The number of anilines is 2. The molecule has 1 aliphatic rings. The predicted octanol–water partition coefficient (Wildman–Crippen LogP) is 1.26. The van der Waals surface area contributed by atoms with Gasteiger partial charge in [-0.3, -0.25) is 14.7 Å². The molecule has 1 aromatic carbocycles. The fraction of sp³-hybridized carbons (Fsp3) is 0.267. The zero-order valence-corrected chi connectivity index (χ0v) is 12.1. The van der Waals surface area contributed by atoms with Gasteiger partial charge in [0.1, 0.15) is 0 Å². The molecule has 0 saturated heterocycles. The summed E-state index contributed by atoms with van der Waals surface area (Å²) in [5.41, 5.74) is 8.49. The molecule has 2 amide bonds. The van der Waals surface area contributed by atoms with Crippen LogP contribution < -0.4 is 10.6 Å². The number of carbonyl (C=O) groups is 2. The zero-order valence-electron chi connectivity index (χ0n) is 12.1. The van der Waals surface area contributed by atoms with Crippen LogP contribution in [0, 0.1) is 0 Å². The molecular weight excluding hydrogens is 284 g/mol. The molecule has 0 atom stereocenters.